The Balaban J connectivity index is 2.47. The van der Waals surface area contributed by atoms with Crippen molar-refractivity contribution < 1.29 is 13.9 Å². The van der Waals surface area contributed by atoms with Gasteiger partial charge in [0.15, 0.2) is 5.69 Å². The molecule has 0 radical (unpaired) electrons. The van der Waals surface area contributed by atoms with Gasteiger partial charge in [-0.3, -0.25) is 4.68 Å². The van der Waals surface area contributed by atoms with Gasteiger partial charge >= 0.3 is 5.97 Å². The molecule has 0 N–H and O–H groups in total. The van der Waals surface area contributed by atoms with Crippen LogP contribution in [0.15, 0.2) is 30.5 Å². The number of hydrogen-bond acceptors (Lipinski definition) is 3. The van der Waals surface area contributed by atoms with E-state index in [1.165, 1.54) is 16.8 Å². The van der Waals surface area contributed by atoms with E-state index in [-0.39, 0.29) is 18.1 Å². The van der Waals surface area contributed by atoms with Crippen LogP contribution in [0.1, 0.15) is 17.4 Å². The summed E-state index contributed by atoms with van der Waals surface area (Å²) in [4.78, 5) is 11.7. The first-order chi connectivity index (χ1) is 8.61. The normalized spacial score (nSPS) is 10.4. The summed E-state index contributed by atoms with van der Waals surface area (Å²) in [5, 5.41) is 4.05. The molecule has 2 rings (SSSR count). The number of esters is 1. The fraction of sp³-hybridized carbons (Fsp3) is 0.231. The molecule has 18 heavy (non-hydrogen) atoms. The van der Waals surface area contributed by atoms with E-state index in [1.807, 2.05) is 0 Å². The smallest absolute Gasteiger partial charge is 0.359 e. The van der Waals surface area contributed by atoms with Gasteiger partial charge in [-0.15, -0.1) is 0 Å². The zero-order chi connectivity index (χ0) is 13.1. The van der Waals surface area contributed by atoms with Gasteiger partial charge in [0.05, 0.1) is 6.61 Å². The monoisotopic (exact) mass is 248 g/mol. The largest absolute Gasteiger partial charge is 0.461 e. The van der Waals surface area contributed by atoms with Crippen LogP contribution in [-0.2, 0) is 11.8 Å². The maximum atomic E-state index is 13.2. The Kier molecular flexibility index (Phi) is 3.41. The Hall–Kier alpha value is -2.17. The molecular formula is C13H13FN2O2. The highest BCUT2D eigenvalue weighted by molar-refractivity contribution is 5.95. The van der Waals surface area contributed by atoms with E-state index >= 15 is 0 Å². The van der Waals surface area contributed by atoms with Gasteiger partial charge in [-0.25, -0.2) is 9.18 Å². The first kappa shape index (κ1) is 12.3. The molecule has 0 unspecified atom stereocenters. The van der Waals surface area contributed by atoms with E-state index in [2.05, 4.69) is 5.10 Å². The van der Waals surface area contributed by atoms with Crippen molar-refractivity contribution in [2.45, 2.75) is 6.92 Å². The lowest BCUT2D eigenvalue weighted by Crippen LogP contribution is -2.07. The average molecular weight is 248 g/mol. The Morgan fingerprint density at radius 3 is 2.94 bits per heavy atom. The van der Waals surface area contributed by atoms with E-state index in [4.69, 9.17) is 4.74 Å². The van der Waals surface area contributed by atoms with Crippen molar-refractivity contribution in [3.63, 3.8) is 0 Å². The topological polar surface area (TPSA) is 44.1 Å². The number of carbonyl (C=O) groups is 1. The molecule has 5 heteroatoms. The number of halogens is 1. The number of benzene rings is 1. The summed E-state index contributed by atoms with van der Waals surface area (Å²) in [6, 6.07) is 6.03. The van der Waals surface area contributed by atoms with E-state index < -0.39 is 5.97 Å². The first-order valence-electron chi connectivity index (χ1n) is 5.58. The summed E-state index contributed by atoms with van der Waals surface area (Å²) < 4.78 is 19.6. The summed E-state index contributed by atoms with van der Waals surface area (Å²) in [6.07, 6.45) is 1.67. The van der Waals surface area contributed by atoms with Crippen LogP contribution < -0.4 is 0 Å². The molecule has 1 aromatic heterocycles. The van der Waals surface area contributed by atoms with Crippen LogP contribution in [0.4, 0.5) is 4.39 Å². The molecule has 0 saturated carbocycles. The second-order valence-corrected chi connectivity index (χ2v) is 3.80. The third-order valence-corrected chi connectivity index (χ3v) is 2.43. The van der Waals surface area contributed by atoms with Crippen molar-refractivity contribution in [2.75, 3.05) is 6.61 Å². The number of hydrogen-bond donors (Lipinski definition) is 0. The van der Waals surface area contributed by atoms with Crippen LogP contribution in [0.2, 0.25) is 0 Å². The number of carbonyl (C=O) groups excluding carboxylic acids is 1. The van der Waals surface area contributed by atoms with E-state index in [1.54, 1.807) is 32.3 Å². The minimum absolute atomic E-state index is 0.199. The zero-order valence-corrected chi connectivity index (χ0v) is 10.2. The zero-order valence-electron chi connectivity index (χ0n) is 10.2. The second-order valence-electron chi connectivity index (χ2n) is 3.80. The summed E-state index contributed by atoms with van der Waals surface area (Å²) >= 11 is 0. The Morgan fingerprint density at radius 2 is 2.28 bits per heavy atom. The number of aromatic nitrogens is 2. The molecule has 0 spiro atoms. The number of aryl methyl sites for hydroxylation is 1. The van der Waals surface area contributed by atoms with E-state index in [9.17, 15) is 9.18 Å². The predicted octanol–water partition coefficient (Wildman–Crippen LogP) is 2.40. The minimum Gasteiger partial charge on any atom is -0.461 e. The number of rotatable bonds is 3. The predicted molar refractivity (Wildman–Crippen MR) is 64.6 cm³/mol. The molecule has 1 aromatic carbocycles. The van der Waals surface area contributed by atoms with Gasteiger partial charge < -0.3 is 4.74 Å². The van der Waals surface area contributed by atoms with Gasteiger partial charge in [0, 0.05) is 18.8 Å². The Labute approximate surface area is 104 Å². The van der Waals surface area contributed by atoms with Gasteiger partial charge in [0.1, 0.15) is 5.82 Å². The SMILES string of the molecule is CCOC(=O)c1nn(C)cc1-c1cccc(F)c1. The summed E-state index contributed by atoms with van der Waals surface area (Å²) in [5.74, 6) is -0.858. The highest BCUT2D eigenvalue weighted by atomic mass is 19.1. The molecule has 0 aliphatic carbocycles. The summed E-state index contributed by atoms with van der Waals surface area (Å²) in [6.45, 7) is 2.00. The molecule has 4 nitrogen and oxygen atoms in total. The highest BCUT2D eigenvalue weighted by Gasteiger charge is 2.18. The van der Waals surface area contributed by atoms with E-state index in [0.29, 0.717) is 11.1 Å². The van der Waals surface area contributed by atoms with Gasteiger partial charge in [-0.2, -0.15) is 5.10 Å². The van der Waals surface area contributed by atoms with Crippen molar-refractivity contribution >= 4 is 5.97 Å². The van der Waals surface area contributed by atoms with Crippen molar-refractivity contribution in [3.8, 4) is 11.1 Å². The van der Waals surface area contributed by atoms with Crippen LogP contribution in [0.25, 0.3) is 11.1 Å². The molecule has 0 bridgehead atoms. The maximum absolute atomic E-state index is 13.2. The molecule has 0 saturated heterocycles. The van der Waals surface area contributed by atoms with Crippen molar-refractivity contribution in [2.24, 2.45) is 7.05 Å². The third-order valence-electron chi connectivity index (χ3n) is 2.43. The minimum atomic E-state index is -0.502. The third kappa shape index (κ3) is 2.40. The Bertz CT molecular complexity index is 578. The lowest BCUT2D eigenvalue weighted by Gasteiger charge is -2.02. The fourth-order valence-corrected chi connectivity index (χ4v) is 1.71. The highest BCUT2D eigenvalue weighted by Crippen LogP contribution is 2.24. The quantitative estimate of drug-likeness (QED) is 0.783. The molecule has 94 valence electrons. The first-order valence-corrected chi connectivity index (χ1v) is 5.58. The lowest BCUT2D eigenvalue weighted by molar-refractivity contribution is 0.0519. The summed E-state index contributed by atoms with van der Waals surface area (Å²) in [7, 11) is 1.70. The maximum Gasteiger partial charge on any atom is 0.359 e. The van der Waals surface area contributed by atoms with Crippen LogP contribution in [-0.4, -0.2) is 22.4 Å². The molecular weight excluding hydrogens is 235 g/mol. The van der Waals surface area contributed by atoms with Gasteiger partial charge in [-0.1, -0.05) is 12.1 Å². The molecule has 0 atom stereocenters. The van der Waals surface area contributed by atoms with Gasteiger partial charge in [0.25, 0.3) is 0 Å². The Morgan fingerprint density at radius 1 is 1.50 bits per heavy atom. The standard InChI is InChI=1S/C13H13FN2O2/c1-3-18-13(17)12-11(8-16(2)15-12)9-5-4-6-10(14)7-9/h4-8H,3H2,1-2H3. The van der Waals surface area contributed by atoms with Crippen LogP contribution in [0.3, 0.4) is 0 Å². The molecule has 1 heterocycles. The molecule has 0 aliphatic rings. The lowest BCUT2D eigenvalue weighted by atomic mass is 10.1. The van der Waals surface area contributed by atoms with Gasteiger partial charge in [-0.05, 0) is 24.6 Å². The van der Waals surface area contributed by atoms with Crippen LogP contribution >= 0.6 is 0 Å². The van der Waals surface area contributed by atoms with E-state index in [0.717, 1.165) is 0 Å². The second kappa shape index (κ2) is 5.00. The molecule has 0 aliphatic heterocycles. The van der Waals surface area contributed by atoms with Crippen molar-refractivity contribution in [3.05, 3.63) is 42.0 Å². The van der Waals surface area contributed by atoms with Gasteiger partial charge in [0.2, 0.25) is 0 Å². The number of ether oxygens (including phenoxy) is 1. The summed E-state index contributed by atoms with van der Waals surface area (Å²) in [5.41, 5.74) is 1.37. The van der Waals surface area contributed by atoms with Crippen molar-refractivity contribution in [1.82, 2.24) is 9.78 Å². The van der Waals surface area contributed by atoms with Crippen LogP contribution in [0, 0.1) is 5.82 Å². The van der Waals surface area contributed by atoms with Crippen LogP contribution in [0.5, 0.6) is 0 Å². The number of nitrogens with zero attached hydrogens (tertiary/aromatic N) is 2. The fourth-order valence-electron chi connectivity index (χ4n) is 1.71. The molecule has 0 amide bonds. The average Bonchev–Trinajstić information content (AvgIpc) is 2.72. The van der Waals surface area contributed by atoms with Crippen molar-refractivity contribution in [1.29, 1.82) is 0 Å². The molecule has 0 fully saturated rings. The molecule has 2 aromatic rings.